The minimum atomic E-state index is -0.0252. The molecule has 0 fully saturated rings. The summed E-state index contributed by atoms with van der Waals surface area (Å²) in [4.78, 5) is 25.9. The molecule has 2 heterocycles. The molecule has 22 heavy (non-hydrogen) atoms. The van der Waals surface area contributed by atoms with Gasteiger partial charge in [0.2, 0.25) is 5.91 Å². The fourth-order valence-corrected chi connectivity index (χ4v) is 2.90. The Kier molecular flexibility index (Phi) is 3.67. The molecular weight excluding hydrogens is 276 g/mol. The Hall–Kier alpha value is -2.62. The highest BCUT2D eigenvalue weighted by Crippen LogP contribution is 2.26. The first-order valence-corrected chi connectivity index (χ1v) is 7.31. The van der Waals surface area contributed by atoms with E-state index in [1.54, 1.807) is 17.0 Å². The molecule has 1 aromatic rings. The molecule has 0 aliphatic carbocycles. The van der Waals surface area contributed by atoms with Crippen LogP contribution in [0.25, 0.3) is 0 Å². The van der Waals surface area contributed by atoms with Gasteiger partial charge >= 0.3 is 0 Å². The summed E-state index contributed by atoms with van der Waals surface area (Å²) < 4.78 is 0. The number of rotatable bonds is 3. The molecule has 112 valence electrons. The third kappa shape index (κ3) is 2.48. The highest BCUT2D eigenvalue weighted by atomic mass is 16.2. The van der Waals surface area contributed by atoms with Gasteiger partial charge in [-0.25, -0.2) is 0 Å². The highest BCUT2D eigenvalue weighted by molar-refractivity contribution is 6.02. The molecule has 0 radical (unpaired) electrons. The second kappa shape index (κ2) is 5.64. The van der Waals surface area contributed by atoms with E-state index < -0.39 is 0 Å². The number of allylic oxidation sites excluding steroid dienone is 1. The molecule has 0 bridgehead atoms. The van der Waals surface area contributed by atoms with Crippen LogP contribution in [-0.2, 0) is 11.2 Å². The average molecular weight is 294 g/mol. The van der Waals surface area contributed by atoms with Crippen LogP contribution < -0.4 is 5.32 Å². The molecule has 3 rings (SSSR count). The van der Waals surface area contributed by atoms with E-state index in [1.807, 2.05) is 31.2 Å². The van der Waals surface area contributed by atoms with E-state index in [-0.39, 0.29) is 11.8 Å². The number of carbonyl (C=O) groups excluding carboxylic acids is 2. The van der Waals surface area contributed by atoms with E-state index in [9.17, 15) is 9.59 Å². The number of fused-ring (bicyclic) bond motifs is 1. The summed E-state index contributed by atoms with van der Waals surface area (Å²) in [6, 6.07) is 5.41. The fourth-order valence-electron chi connectivity index (χ4n) is 2.90. The van der Waals surface area contributed by atoms with E-state index in [2.05, 4.69) is 11.9 Å². The van der Waals surface area contributed by atoms with Gasteiger partial charge in [-0.2, -0.15) is 0 Å². The van der Waals surface area contributed by atoms with Crippen LogP contribution >= 0.6 is 0 Å². The van der Waals surface area contributed by atoms with Crippen molar-refractivity contribution in [2.24, 2.45) is 0 Å². The number of amides is 2. The lowest BCUT2D eigenvalue weighted by Crippen LogP contribution is -2.29. The van der Waals surface area contributed by atoms with Gasteiger partial charge in [0, 0.05) is 24.3 Å². The van der Waals surface area contributed by atoms with Gasteiger partial charge in [0.1, 0.15) is 0 Å². The first-order valence-electron chi connectivity index (χ1n) is 7.31. The summed E-state index contributed by atoms with van der Waals surface area (Å²) in [7, 11) is 0. The highest BCUT2D eigenvalue weighted by Gasteiger charge is 2.25. The molecule has 1 aromatic carbocycles. The van der Waals surface area contributed by atoms with Gasteiger partial charge in [0.05, 0.1) is 6.42 Å². The minimum Gasteiger partial charge on any atom is -0.330 e. The number of nitrogens with one attached hydrogen (secondary N) is 1. The lowest BCUT2D eigenvalue weighted by molar-refractivity contribution is -0.115. The lowest BCUT2D eigenvalue weighted by atomic mass is 10.1. The summed E-state index contributed by atoms with van der Waals surface area (Å²) in [6.07, 6.45) is 6.19. The van der Waals surface area contributed by atoms with Gasteiger partial charge < -0.3 is 10.2 Å². The van der Waals surface area contributed by atoms with Crippen molar-refractivity contribution in [2.45, 2.75) is 13.3 Å². The number of hydrogen-bond donors (Lipinski definition) is 1. The van der Waals surface area contributed by atoms with Crippen LogP contribution in [0.2, 0.25) is 0 Å². The van der Waals surface area contributed by atoms with E-state index in [0.717, 1.165) is 22.4 Å². The Morgan fingerprint density at radius 3 is 2.82 bits per heavy atom. The molecule has 0 aromatic heterocycles. The first kappa shape index (κ1) is 14.3. The maximum atomic E-state index is 12.7. The third-order valence-electron chi connectivity index (χ3n) is 4.02. The summed E-state index contributed by atoms with van der Waals surface area (Å²) in [5.74, 6) is -0.0467. The van der Waals surface area contributed by atoms with E-state index in [4.69, 9.17) is 0 Å². The normalized spacial score (nSPS) is 17.1. The van der Waals surface area contributed by atoms with Gasteiger partial charge in [-0.05, 0) is 35.8 Å². The van der Waals surface area contributed by atoms with E-state index >= 15 is 0 Å². The van der Waals surface area contributed by atoms with Crippen LogP contribution in [0.1, 0.15) is 22.8 Å². The Morgan fingerprint density at radius 2 is 2.09 bits per heavy atom. The average Bonchev–Trinajstić information content (AvgIpc) is 3.08. The Bertz CT molecular complexity index is 729. The van der Waals surface area contributed by atoms with Crippen LogP contribution in [0.15, 0.2) is 54.2 Å². The third-order valence-corrected chi connectivity index (χ3v) is 4.02. The molecule has 0 saturated carbocycles. The van der Waals surface area contributed by atoms with Crippen molar-refractivity contribution in [1.29, 1.82) is 0 Å². The number of nitrogens with zero attached hydrogens (tertiary/aromatic N) is 1. The quantitative estimate of drug-likeness (QED) is 0.932. The molecular formula is C18H18N2O2. The molecule has 0 unspecified atom stereocenters. The zero-order valence-electron chi connectivity index (χ0n) is 12.6. The monoisotopic (exact) mass is 294 g/mol. The van der Waals surface area contributed by atoms with Gasteiger partial charge in [0.25, 0.3) is 5.91 Å². The number of hydrogen-bond acceptors (Lipinski definition) is 2. The molecule has 2 amide bonds. The number of benzene rings is 1. The second-order valence-electron chi connectivity index (χ2n) is 5.51. The summed E-state index contributed by atoms with van der Waals surface area (Å²) in [5, 5.41) is 2.78. The maximum Gasteiger partial charge on any atom is 0.254 e. The Morgan fingerprint density at radius 1 is 1.32 bits per heavy atom. The van der Waals surface area contributed by atoms with Crippen molar-refractivity contribution in [1.82, 2.24) is 4.90 Å². The zero-order valence-corrected chi connectivity index (χ0v) is 12.6. The van der Waals surface area contributed by atoms with E-state index in [1.165, 1.54) is 0 Å². The van der Waals surface area contributed by atoms with Crippen molar-refractivity contribution in [2.75, 3.05) is 18.4 Å². The van der Waals surface area contributed by atoms with Crippen LogP contribution in [0, 0.1) is 0 Å². The zero-order chi connectivity index (χ0) is 15.7. The Balaban J connectivity index is 1.81. The second-order valence-corrected chi connectivity index (χ2v) is 5.51. The van der Waals surface area contributed by atoms with Crippen LogP contribution in [-0.4, -0.2) is 29.8 Å². The van der Waals surface area contributed by atoms with Crippen molar-refractivity contribution in [3.63, 3.8) is 0 Å². The standard InChI is InChI=1S/C18H18N2O2/c1-3-5-15-11-20(10-12(15)4-2)18(22)14-7-6-13-9-17(21)19-16(13)8-14/h3-8H,2,9-11H2,1H3,(H,19,21)/b5-3-. The van der Waals surface area contributed by atoms with Crippen molar-refractivity contribution < 1.29 is 9.59 Å². The van der Waals surface area contributed by atoms with Crippen molar-refractivity contribution in [3.05, 3.63) is 65.3 Å². The fraction of sp³-hybridized carbons (Fsp3) is 0.222. The maximum absolute atomic E-state index is 12.7. The largest absolute Gasteiger partial charge is 0.330 e. The SMILES string of the molecule is C=CC1=C(/C=C\C)CN(C(=O)c2ccc3c(c2)NC(=O)C3)C1. The van der Waals surface area contributed by atoms with Crippen LogP contribution in [0.3, 0.4) is 0 Å². The molecule has 2 aliphatic rings. The molecule has 4 heteroatoms. The first-order chi connectivity index (χ1) is 10.6. The molecule has 0 saturated heterocycles. The van der Waals surface area contributed by atoms with Crippen LogP contribution in [0.4, 0.5) is 5.69 Å². The van der Waals surface area contributed by atoms with E-state index in [0.29, 0.717) is 25.1 Å². The van der Waals surface area contributed by atoms with Gasteiger partial charge in [-0.15, -0.1) is 0 Å². The molecule has 0 atom stereocenters. The minimum absolute atomic E-state index is 0.0215. The smallest absolute Gasteiger partial charge is 0.254 e. The lowest BCUT2D eigenvalue weighted by Gasteiger charge is -2.17. The summed E-state index contributed by atoms with van der Waals surface area (Å²) in [6.45, 7) is 6.95. The molecule has 4 nitrogen and oxygen atoms in total. The summed E-state index contributed by atoms with van der Waals surface area (Å²) in [5.41, 5.74) is 4.51. The molecule has 0 spiro atoms. The number of anilines is 1. The van der Waals surface area contributed by atoms with Crippen molar-refractivity contribution >= 4 is 17.5 Å². The molecule has 2 aliphatic heterocycles. The van der Waals surface area contributed by atoms with Gasteiger partial charge in [-0.3, -0.25) is 9.59 Å². The van der Waals surface area contributed by atoms with Gasteiger partial charge in [-0.1, -0.05) is 30.9 Å². The van der Waals surface area contributed by atoms with Gasteiger partial charge in [0.15, 0.2) is 0 Å². The van der Waals surface area contributed by atoms with Crippen molar-refractivity contribution in [3.8, 4) is 0 Å². The predicted molar refractivity (Wildman–Crippen MR) is 86.7 cm³/mol. The predicted octanol–water partition coefficient (Wildman–Crippen LogP) is 2.70. The Labute approximate surface area is 129 Å². The molecule has 1 N–H and O–H groups in total. The van der Waals surface area contributed by atoms with Crippen LogP contribution in [0.5, 0.6) is 0 Å². The topological polar surface area (TPSA) is 49.4 Å². The number of carbonyl (C=O) groups is 2. The summed E-state index contributed by atoms with van der Waals surface area (Å²) >= 11 is 0.